The van der Waals surface area contributed by atoms with Crippen LogP contribution < -0.4 is 14.4 Å². The van der Waals surface area contributed by atoms with Crippen molar-refractivity contribution in [1.82, 2.24) is 0 Å². The molecular formula is C27H22ClFN2O3. The highest BCUT2D eigenvalue weighted by molar-refractivity contribution is 6.32. The monoisotopic (exact) mass is 476 g/mol. The number of hydrogen-bond donors (Lipinski definition) is 0. The third-order valence-electron chi connectivity index (χ3n) is 5.46. The molecule has 3 aromatic carbocycles. The number of amides is 1. The van der Waals surface area contributed by atoms with Crippen molar-refractivity contribution < 1.29 is 18.7 Å². The second-order valence-electron chi connectivity index (χ2n) is 7.65. The van der Waals surface area contributed by atoms with Crippen molar-refractivity contribution >= 4 is 29.3 Å². The lowest BCUT2D eigenvalue weighted by Gasteiger charge is -2.17. The molecule has 0 spiro atoms. The van der Waals surface area contributed by atoms with Gasteiger partial charge in [-0.1, -0.05) is 48.0 Å². The molecule has 0 bridgehead atoms. The summed E-state index contributed by atoms with van der Waals surface area (Å²) >= 11 is 6.47. The van der Waals surface area contributed by atoms with E-state index in [-0.39, 0.29) is 34.7 Å². The van der Waals surface area contributed by atoms with Gasteiger partial charge in [0.2, 0.25) is 0 Å². The van der Waals surface area contributed by atoms with E-state index in [9.17, 15) is 14.4 Å². The van der Waals surface area contributed by atoms with Gasteiger partial charge in [-0.25, -0.2) is 4.39 Å². The molecule has 7 heteroatoms. The van der Waals surface area contributed by atoms with Crippen LogP contribution in [0.2, 0.25) is 5.02 Å². The summed E-state index contributed by atoms with van der Waals surface area (Å²) in [4.78, 5) is 14.7. The molecule has 0 atom stereocenters. The van der Waals surface area contributed by atoms with Crippen LogP contribution in [0.4, 0.5) is 10.1 Å². The highest BCUT2D eigenvalue weighted by atomic mass is 35.5. The first-order chi connectivity index (χ1) is 16.5. The van der Waals surface area contributed by atoms with Crippen molar-refractivity contribution in [1.29, 1.82) is 5.26 Å². The number of fused-ring (bicyclic) bond motifs is 1. The summed E-state index contributed by atoms with van der Waals surface area (Å²) in [6, 6.07) is 19.2. The van der Waals surface area contributed by atoms with E-state index in [1.807, 2.05) is 37.3 Å². The molecule has 0 aliphatic carbocycles. The SMILES string of the molecule is CCOc1cc(C=C(C#N)C(=O)N2CCc3ccccc32)cc(Cl)c1OCc1ccccc1F. The van der Waals surface area contributed by atoms with Crippen molar-refractivity contribution in [3.05, 3.63) is 93.8 Å². The maximum atomic E-state index is 14.0. The molecule has 0 fully saturated rings. The number of hydrogen-bond acceptors (Lipinski definition) is 4. The van der Waals surface area contributed by atoms with E-state index >= 15 is 0 Å². The minimum absolute atomic E-state index is 0.0183. The van der Waals surface area contributed by atoms with E-state index in [0.717, 1.165) is 17.7 Å². The number of nitriles is 1. The standard InChI is InChI=1S/C27H22ClFN2O3/c1-2-33-25-15-18(14-22(28)26(25)34-17-20-8-3-5-9-23(20)29)13-21(16-30)27(32)31-12-11-19-7-4-6-10-24(19)31/h3-10,13-15H,2,11-12,17H2,1H3. The molecule has 0 radical (unpaired) electrons. The normalized spacial score (nSPS) is 12.8. The van der Waals surface area contributed by atoms with Crippen molar-refractivity contribution in [3.8, 4) is 17.6 Å². The quantitative estimate of drug-likeness (QED) is 0.312. The number of para-hydroxylation sites is 1. The topological polar surface area (TPSA) is 62.6 Å². The molecule has 1 aliphatic heterocycles. The third-order valence-corrected chi connectivity index (χ3v) is 5.74. The predicted molar refractivity (Wildman–Crippen MR) is 129 cm³/mol. The average molecular weight is 477 g/mol. The van der Waals surface area contributed by atoms with Crippen LogP contribution in [-0.4, -0.2) is 19.1 Å². The summed E-state index contributed by atoms with van der Waals surface area (Å²) < 4.78 is 25.4. The van der Waals surface area contributed by atoms with Crippen molar-refractivity contribution in [2.75, 3.05) is 18.1 Å². The van der Waals surface area contributed by atoms with Gasteiger partial charge in [0.25, 0.3) is 5.91 Å². The van der Waals surface area contributed by atoms with E-state index in [1.165, 1.54) is 12.1 Å². The van der Waals surface area contributed by atoms with Crippen molar-refractivity contribution in [2.24, 2.45) is 0 Å². The molecule has 172 valence electrons. The molecule has 1 aliphatic rings. The van der Waals surface area contributed by atoms with Gasteiger partial charge in [-0.2, -0.15) is 5.26 Å². The average Bonchev–Trinajstić information content (AvgIpc) is 3.27. The van der Waals surface area contributed by atoms with Gasteiger partial charge in [-0.3, -0.25) is 4.79 Å². The Kier molecular flexibility index (Phi) is 7.15. The second-order valence-corrected chi connectivity index (χ2v) is 8.06. The fraction of sp³-hybridized carbons (Fsp3) is 0.185. The molecule has 34 heavy (non-hydrogen) atoms. The molecule has 3 aromatic rings. The first-order valence-electron chi connectivity index (χ1n) is 10.9. The Bertz CT molecular complexity index is 1300. The molecule has 0 saturated carbocycles. The Morgan fingerprint density at radius 3 is 2.71 bits per heavy atom. The highest BCUT2D eigenvalue weighted by Gasteiger charge is 2.26. The summed E-state index contributed by atoms with van der Waals surface area (Å²) in [7, 11) is 0. The van der Waals surface area contributed by atoms with Gasteiger partial charge in [0.1, 0.15) is 24.1 Å². The molecule has 5 nitrogen and oxygen atoms in total. The van der Waals surface area contributed by atoms with E-state index < -0.39 is 0 Å². The van der Waals surface area contributed by atoms with Crippen LogP contribution in [0.3, 0.4) is 0 Å². The van der Waals surface area contributed by atoms with Crippen LogP contribution in [0.25, 0.3) is 6.08 Å². The fourth-order valence-corrected chi connectivity index (χ4v) is 4.12. The summed E-state index contributed by atoms with van der Waals surface area (Å²) in [6.07, 6.45) is 2.23. The smallest absolute Gasteiger partial charge is 0.268 e. The van der Waals surface area contributed by atoms with E-state index in [1.54, 1.807) is 35.2 Å². The van der Waals surface area contributed by atoms with Crippen LogP contribution >= 0.6 is 11.6 Å². The molecular weight excluding hydrogens is 455 g/mol. The maximum absolute atomic E-state index is 14.0. The Morgan fingerprint density at radius 2 is 1.94 bits per heavy atom. The Balaban J connectivity index is 1.61. The minimum Gasteiger partial charge on any atom is -0.490 e. The lowest BCUT2D eigenvalue weighted by Crippen LogP contribution is -2.29. The van der Waals surface area contributed by atoms with E-state index in [0.29, 0.717) is 30.0 Å². The lowest BCUT2D eigenvalue weighted by molar-refractivity contribution is -0.114. The predicted octanol–water partition coefficient (Wildman–Crippen LogP) is 5.95. The fourth-order valence-electron chi connectivity index (χ4n) is 3.84. The zero-order valence-corrected chi connectivity index (χ0v) is 19.3. The van der Waals surface area contributed by atoms with Gasteiger partial charge in [0.15, 0.2) is 11.5 Å². The molecule has 0 N–H and O–H groups in total. The molecule has 1 amide bonds. The summed E-state index contributed by atoms with van der Waals surface area (Å²) in [5, 5.41) is 9.94. The van der Waals surface area contributed by atoms with Gasteiger partial charge < -0.3 is 14.4 Å². The highest BCUT2D eigenvalue weighted by Crippen LogP contribution is 2.38. The van der Waals surface area contributed by atoms with Gasteiger partial charge in [-0.15, -0.1) is 0 Å². The van der Waals surface area contributed by atoms with Crippen LogP contribution in [0.5, 0.6) is 11.5 Å². The number of benzene rings is 3. The summed E-state index contributed by atoms with van der Waals surface area (Å²) in [5.41, 5.74) is 2.78. The van der Waals surface area contributed by atoms with Crippen molar-refractivity contribution in [2.45, 2.75) is 20.0 Å². The molecule has 1 heterocycles. The number of rotatable bonds is 7. The molecule has 0 saturated heterocycles. The van der Waals surface area contributed by atoms with Gasteiger partial charge in [-0.05, 0) is 54.8 Å². The molecule has 4 rings (SSSR count). The van der Waals surface area contributed by atoms with Gasteiger partial charge in [0, 0.05) is 17.8 Å². The van der Waals surface area contributed by atoms with E-state index in [2.05, 4.69) is 0 Å². The minimum atomic E-state index is -0.378. The van der Waals surface area contributed by atoms with Crippen molar-refractivity contribution in [3.63, 3.8) is 0 Å². The zero-order chi connectivity index (χ0) is 24.1. The first-order valence-corrected chi connectivity index (χ1v) is 11.2. The van der Waals surface area contributed by atoms with Gasteiger partial charge in [0.05, 0.1) is 11.6 Å². The largest absolute Gasteiger partial charge is 0.490 e. The van der Waals surface area contributed by atoms with E-state index in [4.69, 9.17) is 21.1 Å². The van der Waals surface area contributed by atoms with Crippen LogP contribution in [0.1, 0.15) is 23.6 Å². The Labute approximate surface area is 202 Å². The Hall–Kier alpha value is -3.82. The summed E-state index contributed by atoms with van der Waals surface area (Å²) in [5.74, 6) is -0.144. The van der Waals surface area contributed by atoms with Crippen LogP contribution in [-0.2, 0) is 17.8 Å². The molecule has 0 unspecified atom stereocenters. The number of nitrogens with zero attached hydrogens (tertiary/aromatic N) is 2. The Morgan fingerprint density at radius 1 is 1.18 bits per heavy atom. The summed E-state index contributed by atoms with van der Waals surface area (Å²) in [6.45, 7) is 2.64. The third kappa shape index (κ3) is 4.90. The maximum Gasteiger partial charge on any atom is 0.268 e. The molecule has 0 aromatic heterocycles. The van der Waals surface area contributed by atoms with Gasteiger partial charge >= 0.3 is 0 Å². The number of halogens is 2. The number of ether oxygens (including phenoxy) is 2. The number of anilines is 1. The second kappa shape index (κ2) is 10.4. The lowest BCUT2D eigenvalue weighted by atomic mass is 10.1. The van der Waals surface area contributed by atoms with Crippen LogP contribution in [0.15, 0.2) is 66.2 Å². The van der Waals surface area contributed by atoms with Crippen LogP contribution in [0, 0.1) is 17.1 Å². The number of carbonyl (C=O) groups excluding carboxylic acids is 1. The zero-order valence-electron chi connectivity index (χ0n) is 18.6. The first kappa shape index (κ1) is 23.3. The number of carbonyl (C=O) groups is 1.